The highest BCUT2D eigenvalue weighted by molar-refractivity contribution is 7.99. The highest BCUT2D eigenvalue weighted by Crippen LogP contribution is 2.29. The monoisotopic (exact) mass is 400 g/mol. The number of aromatic amines is 1. The third-order valence-corrected chi connectivity index (χ3v) is 5.66. The summed E-state index contributed by atoms with van der Waals surface area (Å²) in [5, 5.41) is 4.09. The number of carbonyl (C=O) groups excluding carboxylic acids is 1. The first-order valence-electron chi connectivity index (χ1n) is 8.05. The van der Waals surface area contributed by atoms with E-state index in [-0.39, 0.29) is 11.7 Å². The normalized spacial score (nSPS) is 11.0. The Hall–Kier alpha value is -2.78. The van der Waals surface area contributed by atoms with Crippen LogP contribution in [0, 0.1) is 0 Å². The number of nitrogens with zero attached hydrogens (tertiary/aromatic N) is 2. The molecule has 4 rings (SSSR count). The van der Waals surface area contributed by atoms with E-state index in [1.807, 2.05) is 36.4 Å². The number of methoxy groups -OCH3 is 2. The zero-order valence-electron chi connectivity index (χ0n) is 14.6. The van der Waals surface area contributed by atoms with E-state index >= 15 is 0 Å². The maximum Gasteiger partial charge on any atom is 0.236 e. The zero-order chi connectivity index (χ0) is 18.8. The van der Waals surface area contributed by atoms with Gasteiger partial charge in [-0.1, -0.05) is 23.1 Å². The molecule has 0 spiro atoms. The molecule has 0 bridgehead atoms. The summed E-state index contributed by atoms with van der Waals surface area (Å²) in [6, 6.07) is 11.2. The summed E-state index contributed by atoms with van der Waals surface area (Å²) >= 11 is 2.75. The van der Waals surface area contributed by atoms with Gasteiger partial charge in [-0.3, -0.25) is 4.79 Å². The van der Waals surface area contributed by atoms with Crippen LogP contribution in [0.25, 0.3) is 21.3 Å². The quantitative estimate of drug-likeness (QED) is 0.477. The molecule has 0 atom stereocenters. The number of thioether (sulfide) groups is 1. The highest BCUT2D eigenvalue weighted by Gasteiger charge is 2.11. The molecule has 2 aromatic heterocycles. The second kappa shape index (κ2) is 7.45. The van der Waals surface area contributed by atoms with E-state index in [1.165, 1.54) is 23.1 Å². The molecular formula is C18H16N4O3S2. The maximum atomic E-state index is 12.2. The summed E-state index contributed by atoms with van der Waals surface area (Å²) < 4.78 is 11.4. The molecule has 0 aliphatic carbocycles. The molecule has 0 radical (unpaired) electrons. The Labute approximate surface area is 163 Å². The van der Waals surface area contributed by atoms with Gasteiger partial charge in [0.2, 0.25) is 5.91 Å². The molecule has 9 heteroatoms. The van der Waals surface area contributed by atoms with E-state index < -0.39 is 0 Å². The second-order valence-electron chi connectivity index (χ2n) is 5.61. The average molecular weight is 400 g/mol. The molecule has 7 nitrogen and oxygen atoms in total. The topological polar surface area (TPSA) is 89.1 Å². The van der Waals surface area contributed by atoms with Crippen LogP contribution < -0.4 is 14.8 Å². The van der Waals surface area contributed by atoms with Crippen LogP contribution in [0.2, 0.25) is 0 Å². The van der Waals surface area contributed by atoms with Crippen molar-refractivity contribution in [3.63, 3.8) is 0 Å². The van der Waals surface area contributed by atoms with Gasteiger partial charge in [-0.25, -0.2) is 9.97 Å². The molecule has 2 aromatic carbocycles. The van der Waals surface area contributed by atoms with Crippen molar-refractivity contribution in [2.24, 2.45) is 0 Å². The van der Waals surface area contributed by atoms with Gasteiger partial charge in [-0.15, -0.1) is 0 Å². The van der Waals surface area contributed by atoms with Gasteiger partial charge >= 0.3 is 0 Å². The van der Waals surface area contributed by atoms with Crippen molar-refractivity contribution in [3.8, 4) is 11.5 Å². The number of hydrogen-bond donors (Lipinski definition) is 2. The van der Waals surface area contributed by atoms with Gasteiger partial charge in [-0.05, 0) is 30.3 Å². The lowest BCUT2D eigenvalue weighted by atomic mass is 10.3. The Morgan fingerprint density at radius 2 is 1.85 bits per heavy atom. The van der Waals surface area contributed by atoms with E-state index in [1.54, 1.807) is 14.2 Å². The van der Waals surface area contributed by atoms with Gasteiger partial charge in [0.25, 0.3) is 0 Å². The Morgan fingerprint density at radius 1 is 1.11 bits per heavy atom. The predicted octanol–water partition coefficient (Wildman–Crippen LogP) is 3.92. The standard InChI is InChI=1S/C18H16N4O3S2/c1-24-10-3-5-12-14(7-10)21-17(19-12)26-9-16(23)22-18-20-13-6-4-11(25-2)8-15(13)27-18/h3-8H,9H2,1-2H3,(H,19,21)(H,20,22,23). The maximum absolute atomic E-state index is 12.2. The first kappa shape index (κ1) is 17.6. The summed E-state index contributed by atoms with van der Waals surface area (Å²) in [5.41, 5.74) is 2.53. The minimum absolute atomic E-state index is 0.135. The number of benzene rings is 2. The molecule has 1 amide bonds. The van der Waals surface area contributed by atoms with E-state index in [0.717, 1.165) is 32.7 Å². The van der Waals surface area contributed by atoms with Crippen molar-refractivity contribution in [2.45, 2.75) is 5.16 Å². The summed E-state index contributed by atoms with van der Waals surface area (Å²) in [6.45, 7) is 0. The van der Waals surface area contributed by atoms with Crippen molar-refractivity contribution in [1.29, 1.82) is 0 Å². The number of thiazole rings is 1. The van der Waals surface area contributed by atoms with Gasteiger partial charge < -0.3 is 19.8 Å². The summed E-state index contributed by atoms with van der Waals surface area (Å²) in [5.74, 6) is 1.62. The molecule has 138 valence electrons. The Bertz CT molecular complexity index is 1120. The first-order valence-corrected chi connectivity index (χ1v) is 9.86. The molecule has 27 heavy (non-hydrogen) atoms. The van der Waals surface area contributed by atoms with Crippen LogP contribution >= 0.6 is 23.1 Å². The van der Waals surface area contributed by atoms with Crippen LogP contribution in [0.4, 0.5) is 5.13 Å². The number of nitrogens with one attached hydrogen (secondary N) is 2. The van der Waals surface area contributed by atoms with Gasteiger partial charge in [0.1, 0.15) is 11.5 Å². The van der Waals surface area contributed by atoms with Crippen LogP contribution in [0.15, 0.2) is 41.6 Å². The minimum atomic E-state index is -0.135. The van der Waals surface area contributed by atoms with Crippen molar-refractivity contribution in [3.05, 3.63) is 36.4 Å². The molecule has 0 saturated heterocycles. The lowest BCUT2D eigenvalue weighted by Crippen LogP contribution is -2.13. The molecular weight excluding hydrogens is 384 g/mol. The number of hydrogen-bond acceptors (Lipinski definition) is 7. The van der Waals surface area contributed by atoms with Crippen LogP contribution in [0.5, 0.6) is 11.5 Å². The van der Waals surface area contributed by atoms with Gasteiger partial charge in [0.05, 0.1) is 41.2 Å². The van der Waals surface area contributed by atoms with Crippen LogP contribution in [0.3, 0.4) is 0 Å². The van der Waals surface area contributed by atoms with E-state index in [9.17, 15) is 4.79 Å². The molecule has 0 aliphatic heterocycles. The van der Waals surface area contributed by atoms with Crippen LogP contribution in [-0.2, 0) is 4.79 Å². The number of anilines is 1. The Kier molecular flexibility index (Phi) is 4.87. The fourth-order valence-corrected chi connectivity index (χ4v) is 4.13. The van der Waals surface area contributed by atoms with Crippen LogP contribution in [0.1, 0.15) is 0 Å². The third-order valence-electron chi connectivity index (χ3n) is 3.85. The molecule has 0 saturated carbocycles. The SMILES string of the molecule is COc1ccc2nc(SCC(=O)Nc3nc4ccc(OC)cc4s3)[nH]c2c1. The largest absolute Gasteiger partial charge is 0.497 e. The highest BCUT2D eigenvalue weighted by atomic mass is 32.2. The summed E-state index contributed by atoms with van der Waals surface area (Å²) in [6.07, 6.45) is 0. The van der Waals surface area contributed by atoms with Crippen molar-refractivity contribution >= 4 is 55.4 Å². The molecule has 2 N–H and O–H groups in total. The van der Waals surface area contributed by atoms with Gasteiger partial charge in [-0.2, -0.15) is 0 Å². The number of aromatic nitrogens is 3. The fourth-order valence-electron chi connectivity index (χ4n) is 2.54. The Morgan fingerprint density at radius 3 is 2.63 bits per heavy atom. The lowest BCUT2D eigenvalue weighted by Gasteiger charge is -1.99. The lowest BCUT2D eigenvalue weighted by molar-refractivity contribution is -0.113. The van der Waals surface area contributed by atoms with Crippen molar-refractivity contribution in [1.82, 2.24) is 15.0 Å². The number of fused-ring (bicyclic) bond motifs is 2. The van der Waals surface area contributed by atoms with E-state index in [2.05, 4.69) is 20.3 Å². The average Bonchev–Trinajstić information content (AvgIpc) is 3.27. The smallest absolute Gasteiger partial charge is 0.236 e. The fraction of sp³-hybridized carbons (Fsp3) is 0.167. The molecule has 0 unspecified atom stereocenters. The van der Waals surface area contributed by atoms with Crippen molar-refractivity contribution < 1.29 is 14.3 Å². The van der Waals surface area contributed by atoms with Crippen molar-refractivity contribution in [2.75, 3.05) is 25.3 Å². The number of rotatable bonds is 6. The number of amides is 1. The van der Waals surface area contributed by atoms with Gasteiger partial charge in [0.15, 0.2) is 10.3 Å². The third kappa shape index (κ3) is 3.83. The van der Waals surface area contributed by atoms with E-state index in [0.29, 0.717) is 10.3 Å². The van der Waals surface area contributed by atoms with Gasteiger partial charge in [0, 0.05) is 6.07 Å². The Balaban J connectivity index is 1.40. The number of ether oxygens (including phenoxy) is 2. The second-order valence-corrected chi connectivity index (χ2v) is 7.61. The number of imidazole rings is 1. The van der Waals surface area contributed by atoms with E-state index in [4.69, 9.17) is 9.47 Å². The molecule has 2 heterocycles. The predicted molar refractivity (Wildman–Crippen MR) is 108 cm³/mol. The molecule has 4 aromatic rings. The zero-order valence-corrected chi connectivity index (χ0v) is 16.2. The number of carbonyl (C=O) groups is 1. The van der Waals surface area contributed by atoms with Crippen LogP contribution in [-0.4, -0.2) is 40.8 Å². The first-order chi connectivity index (χ1) is 13.1. The summed E-state index contributed by atoms with van der Waals surface area (Å²) in [4.78, 5) is 24.3. The summed E-state index contributed by atoms with van der Waals surface area (Å²) in [7, 11) is 3.24. The number of H-pyrrole nitrogens is 1. The molecule has 0 fully saturated rings. The minimum Gasteiger partial charge on any atom is -0.497 e. The molecule has 0 aliphatic rings.